The highest BCUT2D eigenvalue weighted by molar-refractivity contribution is 5.21. The molecule has 1 aromatic rings. The van der Waals surface area contributed by atoms with Crippen molar-refractivity contribution in [2.45, 2.75) is 19.4 Å². The molecule has 3 nitrogen and oxygen atoms in total. The average molecular weight is 193 g/mol. The first-order valence-corrected chi connectivity index (χ1v) is 4.96. The van der Waals surface area contributed by atoms with E-state index in [2.05, 4.69) is 4.98 Å². The fourth-order valence-electron chi connectivity index (χ4n) is 1.86. The highest BCUT2D eigenvalue weighted by Gasteiger charge is 2.26. The van der Waals surface area contributed by atoms with Gasteiger partial charge < -0.3 is 9.84 Å². The standard InChI is InChI=1S/C11H15NO2/c1-8-10(3-2-5-12-8)11(13)9-4-6-14-7-9/h2-3,5,9,11,13H,4,6-7H2,1H3. The minimum atomic E-state index is -0.425. The lowest BCUT2D eigenvalue weighted by Crippen LogP contribution is -2.14. The van der Waals surface area contributed by atoms with E-state index in [0.29, 0.717) is 6.61 Å². The van der Waals surface area contributed by atoms with Gasteiger partial charge in [0.05, 0.1) is 12.7 Å². The lowest BCUT2D eigenvalue weighted by molar-refractivity contribution is 0.0910. The van der Waals surface area contributed by atoms with Gasteiger partial charge >= 0.3 is 0 Å². The van der Waals surface area contributed by atoms with Crippen molar-refractivity contribution < 1.29 is 9.84 Å². The number of aliphatic hydroxyl groups is 1. The molecule has 2 heterocycles. The molecule has 0 spiro atoms. The number of aromatic nitrogens is 1. The molecule has 1 saturated heterocycles. The summed E-state index contributed by atoms with van der Waals surface area (Å²) < 4.78 is 5.26. The molecule has 1 fully saturated rings. The van der Waals surface area contributed by atoms with E-state index >= 15 is 0 Å². The molecule has 3 heteroatoms. The number of aliphatic hydroxyl groups excluding tert-OH is 1. The largest absolute Gasteiger partial charge is 0.388 e. The Bertz CT molecular complexity index is 308. The van der Waals surface area contributed by atoms with Crippen LogP contribution in [0.5, 0.6) is 0 Å². The van der Waals surface area contributed by atoms with Crippen LogP contribution in [0.1, 0.15) is 23.8 Å². The van der Waals surface area contributed by atoms with Crippen molar-refractivity contribution in [2.75, 3.05) is 13.2 Å². The molecule has 0 radical (unpaired) electrons. The number of rotatable bonds is 2. The number of ether oxygens (including phenoxy) is 1. The predicted octanol–water partition coefficient (Wildman–Crippen LogP) is 1.46. The summed E-state index contributed by atoms with van der Waals surface area (Å²) in [6.45, 7) is 3.35. The summed E-state index contributed by atoms with van der Waals surface area (Å²) in [4.78, 5) is 4.17. The topological polar surface area (TPSA) is 42.4 Å². The van der Waals surface area contributed by atoms with Crippen LogP contribution in [0.4, 0.5) is 0 Å². The van der Waals surface area contributed by atoms with Crippen molar-refractivity contribution in [1.29, 1.82) is 0 Å². The number of hydrogen-bond acceptors (Lipinski definition) is 3. The quantitative estimate of drug-likeness (QED) is 0.773. The number of hydrogen-bond donors (Lipinski definition) is 1. The van der Waals surface area contributed by atoms with Crippen LogP contribution in [-0.4, -0.2) is 23.3 Å². The van der Waals surface area contributed by atoms with Crippen LogP contribution in [-0.2, 0) is 4.74 Å². The maximum absolute atomic E-state index is 10.1. The third kappa shape index (κ3) is 1.79. The molecule has 76 valence electrons. The molecule has 1 N–H and O–H groups in total. The molecule has 2 unspecified atom stereocenters. The zero-order valence-electron chi connectivity index (χ0n) is 8.31. The van der Waals surface area contributed by atoms with Gasteiger partial charge in [-0.15, -0.1) is 0 Å². The molecule has 0 aliphatic carbocycles. The monoisotopic (exact) mass is 193 g/mol. The summed E-state index contributed by atoms with van der Waals surface area (Å²) in [6.07, 6.45) is 2.26. The van der Waals surface area contributed by atoms with Crippen LogP contribution < -0.4 is 0 Å². The molecule has 0 bridgehead atoms. The van der Waals surface area contributed by atoms with Crippen molar-refractivity contribution in [3.8, 4) is 0 Å². The first-order chi connectivity index (χ1) is 6.79. The third-order valence-corrected chi connectivity index (χ3v) is 2.78. The second kappa shape index (κ2) is 4.07. The van der Waals surface area contributed by atoms with E-state index in [1.165, 1.54) is 0 Å². The van der Waals surface area contributed by atoms with E-state index in [-0.39, 0.29) is 5.92 Å². The summed E-state index contributed by atoms with van der Waals surface area (Å²) in [6, 6.07) is 3.80. The van der Waals surface area contributed by atoms with Crippen LogP contribution >= 0.6 is 0 Å². The van der Waals surface area contributed by atoms with E-state index in [1.54, 1.807) is 6.20 Å². The van der Waals surface area contributed by atoms with Gasteiger partial charge in [0.2, 0.25) is 0 Å². The van der Waals surface area contributed by atoms with E-state index in [4.69, 9.17) is 4.74 Å². The summed E-state index contributed by atoms with van der Waals surface area (Å²) >= 11 is 0. The Morgan fingerprint density at radius 1 is 1.64 bits per heavy atom. The highest BCUT2D eigenvalue weighted by Crippen LogP contribution is 2.29. The number of aryl methyl sites for hydroxylation is 1. The average Bonchev–Trinajstić information content (AvgIpc) is 2.70. The van der Waals surface area contributed by atoms with Crippen LogP contribution in [0.3, 0.4) is 0 Å². The Morgan fingerprint density at radius 3 is 3.14 bits per heavy atom. The third-order valence-electron chi connectivity index (χ3n) is 2.78. The summed E-state index contributed by atoms with van der Waals surface area (Å²) in [5.74, 6) is 0.234. The normalized spacial score (nSPS) is 23.7. The number of nitrogens with zero attached hydrogens (tertiary/aromatic N) is 1. The second-order valence-electron chi connectivity index (χ2n) is 3.75. The van der Waals surface area contributed by atoms with Crippen LogP contribution in [0, 0.1) is 12.8 Å². The zero-order valence-corrected chi connectivity index (χ0v) is 8.31. The Morgan fingerprint density at radius 2 is 2.50 bits per heavy atom. The van der Waals surface area contributed by atoms with E-state index in [0.717, 1.165) is 24.3 Å². The van der Waals surface area contributed by atoms with Gasteiger partial charge in [-0.05, 0) is 19.4 Å². The first kappa shape index (κ1) is 9.62. The molecule has 2 rings (SSSR count). The van der Waals surface area contributed by atoms with Crippen molar-refractivity contribution in [1.82, 2.24) is 4.98 Å². The maximum atomic E-state index is 10.1. The molecule has 0 amide bonds. The summed E-state index contributed by atoms with van der Waals surface area (Å²) in [5, 5.41) is 10.1. The van der Waals surface area contributed by atoms with Gasteiger partial charge in [-0.1, -0.05) is 6.07 Å². The molecule has 0 saturated carbocycles. The molecule has 1 aromatic heterocycles. The van der Waals surface area contributed by atoms with Crippen LogP contribution in [0.15, 0.2) is 18.3 Å². The summed E-state index contributed by atoms with van der Waals surface area (Å²) in [5.41, 5.74) is 1.84. The Hall–Kier alpha value is -0.930. The van der Waals surface area contributed by atoms with Crippen molar-refractivity contribution in [3.63, 3.8) is 0 Å². The molecule has 1 aliphatic heterocycles. The van der Waals surface area contributed by atoms with Gasteiger partial charge in [0.15, 0.2) is 0 Å². The highest BCUT2D eigenvalue weighted by atomic mass is 16.5. The zero-order chi connectivity index (χ0) is 9.97. The molecular formula is C11H15NO2. The smallest absolute Gasteiger partial charge is 0.0858 e. The van der Waals surface area contributed by atoms with Gasteiger partial charge in [-0.2, -0.15) is 0 Å². The van der Waals surface area contributed by atoms with Gasteiger partial charge in [0, 0.05) is 30.0 Å². The minimum Gasteiger partial charge on any atom is -0.388 e. The summed E-state index contributed by atoms with van der Waals surface area (Å²) in [7, 11) is 0. The lowest BCUT2D eigenvalue weighted by Gasteiger charge is -2.17. The predicted molar refractivity (Wildman–Crippen MR) is 52.9 cm³/mol. The Kier molecular flexibility index (Phi) is 2.79. The van der Waals surface area contributed by atoms with Crippen molar-refractivity contribution in [3.05, 3.63) is 29.6 Å². The van der Waals surface area contributed by atoms with Gasteiger partial charge in [-0.25, -0.2) is 0 Å². The molecule has 0 aromatic carbocycles. The molecular weight excluding hydrogens is 178 g/mol. The molecule has 14 heavy (non-hydrogen) atoms. The van der Waals surface area contributed by atoms with Gasteiger partial charge in [0.1, 0.15) is 0 Å². The second-order valence-corrected chi connectivity index (χ2v) is 3.75. The maximum Gasteiger partial charge on any atom is 0.0858 e. The number of pyridine rings is 1. The van der Waals surface area contributed by atoms with Gasteiger partial charge in [0.25, 0.3) is 0 Å². The lowest BCUT2D eigenvalue weighted by atomic mass is 9.94. The van der Waals surface area contributed by atoms with Crippen molar-refractivity contribution >= 4 is 0 Å². The van der Waals surface area contributed by atoms with E-state index < -0.39 is 6.10 Å². The Balaban J connectivity index is 2.17. The van der Waals surface area contributed by atoms with Gasteiger partial charge in [-0.3, -0.25) is 4.98 Å². The van der Waals surface area contributed by atoms with E-state index in [9.17, 15) is 5.11 Å². The SMILES string of the molecule is Cc1ncccc1C(O)C1CCOC1. The Labute approximate surface area is 83.7 Å². The van der Waals surface area contributed by atoms with E-state index in [1.807, 2.05) is 19.1 Å². The molecule has 2 atom stereocenters. The first-order valence-electron chi connectivity index (χ1n) is 4.96. The van der Waals surface area contributed by atoms with Crippen LogP contribution in [0.25, 0.3) is 0 Å². The minimum absolute atomic E-state index is 0.234. The molecule has 1 aliphatic rings. The van der Waals surface area contributed by atoms with Crippen molar-refractivity contribution in [2.24, 2.45) is 5.92 Å². The fourth-order valence-corrected chi connectivity index (χ4v) is 1.86. The fraction of sp³-hybridized carbons (Fsp3) is 0.545. The van der Waals surface area contributed by atoms with Crippen LogP contribution in [0.2, 0.25) is 0 Å².